The summed E-state index contributed by atoms with van der Waals surface area (Å²) in [6.45, 7) is 2.04. The third-order valence-corrected chi connectivity index (χ3v) is 2.33. The van der Waals surface area contributed by atoms with E-state index in [2.05, 4.69) is 10.3 Å². The molecule has 1 aromatic heterocycles. The molecule has 0 radical (unpaired) electrons. The van der Waals surface area contributed by atoms with E-state index in [1.54, 1.807) is 18.3 Å². The van der Waals surface area contributed by atoms with E-state index in [1.165, 1.54) is 0 Å². The van der Waals surface area contributed by atoms with Gasteiger partial charge in [0, 0.05) is 18.0 Å². The second kappa shape index (κ2) is 4.28. The highest BCUT2D eigenvalue weighted by molar-refractivity contribution is 5.39. The first kappa shape index (κ1) is 9.27. The largest absolute Gasteiger partial charge is 0.474 e. The van der Waals surface area contributed by atoms with Crippen LogP contribution in [0.25, 0.3) is 0 Å². The maximum atomic E-state index is 5.70. The van der Waals surface area contributed by atoms with Crippen molar-refractivity contribution in [3.8, 4) is 5.88 Å². The maximum absolute atomic E-state index is 5.70. The fourth-order valence-corrected chi connectivity index (χ4v) is 1.57. The van der Waals surface area contributed by atoms with Gasteiger partial charge in [-0.3, -0.25) is 0 Å². The summed E-state index contributed by atoms with van der Waals surface area (Å²) in [5.74, 6) is 0.636. The molecule has 0 amide bonds. The van der Waals surface area contributed by atoms with Gasteiger partial charge in [-0.05, 0) is 32.0 Å². The van der Waals surface area contributed by atoms with Crippen molar-refractivity contribution < 1.29 is 4.74 Å². The lowest BCUT2D eigenvalue weighted by Crippen LogP contribution is -2.34. The first-order chi connectivity index (χ1) is 6.84. The summed E-state index contributed by atoms with van der Waals surface area (Å²) in [5.41, 5.74) is 6.33. The summed E-state index contributed by atoms with van der Waals surface area (Å²) in [6, 6.07) is 3.53. The van der Waals surface area contributed by atoms with Crippen molar-refractivity contribution in [1.82, 2.24) is 10.3 Å². The highest BCUT2D eigenvalue weighted by Crippen LogP contribution is 2.15. The number of piperidine rings is 1. The van der Waals surface area contributed by atoms with Crippen molar-refractivity contribution in [3.63, 3.8) is 0 Å². The Bertz CT molecular complexity index is 297. The number of nitrogen functional groups attached to an aromatic ring is 1. The highest BCUT2D eigenvalue weighted by Gasteiger charge is 2.14. The van der Waals surface area contributed by atoms with E-state index >= 15 is 0 Å². The number of anilines is 1. The third-order valence-electron chi connectivity index (χ3n) is 2.33. The average Bonchev–Trinajstić information content (AvgIpc) is 2.19. The number of nitrogens with zero attached hydrogens (tertiary/aromatic N) is 1. The summed E-state index contributed by atoms with van der Waals surface area (Å²) >= 11 is 0. The Kier molecular flexibility index (Phi) is 2.84. The molecule has 0 bridgehead atoms. The molecule has 3 N–H and O–H groups in total. The average molecular weight is 193 g/mol. The van der Waals surface area contributed by atoms with Crippen molar-refractivity contribution >= 4 is 5.69 Å². The van der Waals surface area contributed by atoms with Crippen LogP contribution in [-0.4, -0.2) is 24.2 Å². The molecule has 0 aliphatic carbocycles. The van der Waals surface area contributed by atoms with Gasteiger partial charge < -0.3 is 15.8 Å². The fraction of sp³-hybridized carbons (Fsp3) is 0.500. The van der Waals surface area contributed by atoms with Crippen LogP contribution in [0.5, 0.6) is 5.88 Å². The van der Waals surface area contributed by atoms with Crippen LogP contribution < -0.4 is 15.8 Å². The van der Waals surface area contributed by atoms with Gasteiger partial charge in [0.05, 0.1) is 0 Å². The molecule has 4 heteroatoms. The number of nitrogens with two attached hydrogens (primary N) is 1. The van der Waals surface area contributed by atoms with Gasteiger partial charge in [-0.2, -0.15) is 0 Å². The summed E-state index contributed by atoms with van der Waals surface area (Å²) in [7, 11) is 0. The molecule has 1 saturated heterocycles. The predicted octanol–water partition coefficient (Wildman–Crippen LogP) is 0.795. The third kappa shape index (κ3) is 2.35. The molecule has 1 aliphatic heterocycles. The zero-order valence-corrected chi connectivity index (χ0v) is 8.07. The van der Waals surface area contributed by atoms with Gasteiger partial charge in [0.2, 0.25) is 5.88 Å². The van der Waals surface area contributed by atoms with E-state index in [-0.39, 0.29) is 6.10 Å². The topological polar surface area (TPSA) is 60.2 Å². The van der Waals surface area contributed by atoms with Gasteiger partial charge >= 0.3 is 0 Å². The predicted molar refractivity (Wildman–Crippen MR) is 55.2 cm³/mol. The Morgan fingerprint density at radius 3 is 2.93 bits per heavy atom. The number of nitrogens with one attached hydrogen (secondary N) is 1. The molecule has 0 spiro atoms. The molecule has 0 aromatic carbocycles. The molecule has 2 heterocycles. The smallest absolute Gasteiger partial charge is 0.215 e. The number of aromatic nitrogens is 1. The molecule has 0 atom stereocenters. The van der Waals surface area contributed by atoms with Crippen molar-refractivity contribution in [1.29, 1.82) is 0 Å². The Morgan fingerprint density at radius 1 is 1.43 bits per heavy atom. The molecular weight excluding hydrogens is 178 g/mol. The minimum atomic E-state index is 0.283. The maximum Gasteiger partial charge on any atom is 0.215 e. The van der Waals surface area contributed by atoms with E-state index in [0.717, 1.165) is 25.9 Å². The number of hydrogen-bond donors (Lipinski definition) is 2. The normalized spacial score (nSPS) is 18.0. The first-order valence-electron chi connectivity index (χ1n) is 4.93. The van der Waals surface area contributed by atoms with Crippen molar-refractivity contribution in [2.75, 3.05) is 18.8 Å². The lowest BCUT2D eigenvalue weighted by Gasteiger charge is -2.23. The first-order valence-corrected chi connectivity index (χ1v) is 4.93. The lowest BCUT2D eigenvalue weighted by molar-refractivity contribution is 0.156. The van der Waals surface area contributed by atoms with Crippen LogP contribution in [0, 0.1) is 0 Å². The van der Waals surface area contributed by atoms with Gasteiger partial charge in [0.15, 0.2) is 0 Å². The number of pyridine rings is 1. The summed E-state index contributed by atoms with van der Waals surface area (Å²) in [4.78, 5) is 4.11. The SMILES string of the molecule is Nc1ccnc(OC2CCNCC2)c1. The molecule has 4 nitrogen and oxygen atoms in total. The quantitative estimate of drug-likeness (QED) is 0.729. The number of ether oxygens (including phenoxy) is 1. The number of rotatable bonds is 2. The van der Waals surface area contributed by atoms with Gasteiger partial charge in [0.25, 0.3) is 0 Å². The zero-order valence-electron chi connectivity index (χ0n) is 8.07. The van der Waals surface area contributed by atoms with Crippen LogP contribution in [-0.2, 0) is 0 Å². The van der Waals surface area contributed by atoms with E-state index in [1.807, 2.05) is 0 Å². The highest BCUT2D eigenvalue weighted by atomic mass is 16.5. The molecule has 1 fully saturated rings. The van der Waals surface area contributed by atoms with E-state index < -0.39 is 0 Å². The van der Waals surface area contributed by atoms with E-state index in [9.17, 15) is 0 Å². The van der Waals surface area contributed by atoms with Crippen LogP contribution in [0.4, 0.5) is 5.69 Å². The lowest BCUT2D eigenvalue weighted by atomic mass is 10.1. The van der Waals surface area contributed by atoms with Crippen molar-refractivity contribution in [3.05, 3.63) is 18.3 Å². The summed E-state index contributed by atoms with van der Waals surface area (Å²) in [6.07, 6.45) is 4.03. The Labute approximate surface area is 83.5 Å². The van der Waals surface area contributed by atoms with Crippen LogP contribution in [0.2, 0.25) is 0 Å². The zero-order chi connectivity index (χ0) is 9.80. The Balaban J connectivity index is 1.95. The summed E-state index contributed by atoms with van der Waals surface area (Å²) < 4.78 is 5.70. The standard InChI is InChI=1S/C10H15N3O/c11-8-1-6-13-10(7-8)14-9-2-4-12-5-3-9/h1,6-7,9,12H,2-5H2,(H2,11,13). The Morgan fingerprint density at radius 2 is 2.21 bits per heavy atom. The minimum Gasteiger partial charge on any atom is -0.474 e. The van der Waals surface area contributed by atoms with Crippen LogP contribution in [0.1, 0.15) is 12.8 Å². The van der Waals surface area contributed by atoms with E-state index in [4.69, 9.17) is 10.5 Å². The van der Waals surface area contributed by atoms with Crippen LogP contribution in [0.3, 0.4) is 0 Å². The Hall–Kier alpha value is -1.29. The van der Waals surface area contributed by atoms with Crippen LogP contribution in [0.15, 0.2) is 18.3 Å². The molecule has 1 aromatic rings. The minimum absolute atomic E-state index is 0.283. The van der Waals surface area contributed by atoms with Crippen LogP contribution >= 0.6 is 0 Å². The van der Waals surface area contributed by atoms with E-state index in [0.29, 0.717) is 11.6 Å². The van der Waals surface area contributed by atoms with Crippen molar-refractivity contribution in [2.24, 2.45) is 0 Å². The number of hydrogen-bond acceptors (Lipinski definition) is 4. The molecule has 14 heavy (non-hydrogen) atoms. The fourth-order valence-electron chi connectivity index (χ4n) is 1.57. The molecule has 1 aliphatic rings. The molecule has 0 unspecified atom stereocenters. The molecule has 76 valence electrons. The molecular formula is C10H15N3O. The monoisotopic (exact) mass is 193 g/mol. The second-order valence-electron chi connectivity index (χ2n) is 3.49. The summed E-state index contributed by atoms with van der Waals surface area (Å²) in [5, 5.41) is 3.29. The van der Waals surface area contributed by atoms with Gasteiger partial charge in [-0.15, -0.1) is 0 Å². The van der Waals surface area contributed by atoms with Gasteiger partial charge in [-0.25, -0.2) is 4.98 Å². The van der Waals surface area contributed by atoms with Crippen molar-refractivity contribution in [2.45, 2.75) is 18.9 Å². The molecule has 2 rings (SSSR count). The van der Waals surface area contributed by atoms with Gasteiger partial charge in [-0.1, -0.05) is 0 Å². The molecule has 0 saturated carbocycles. The van der Waals surface area contributed by atoms with Gasteiger partial charge in [0.1, 0.15) is 6.10 Å². The second-order valence-corrected chi connectivity index (χ2v) is 3.49.